The second-order valence-electron chi connectivity index (χ2n) is 6.10. The molecule has 0 aliphatic heterocycles. The highest BCUT2D eigenvalue weighted by atomic mass is 35.5. The van der Waals surface area contributed by atoms with Gasteiger partial charge >= 0.3 is 0 Å². The van der Waals surface area contributed by atoms with Crippen LogP contribution in [-0.2, 0) is 0 Å². The quantitative estimate of drug-likeness (QED) is 0.268. The van der Waals surface area contributed by atoms with Crippen molar-refractivity contribution in [2.45, 2.75) is 0 Å². The van der Waals surface area contributed by atoms with Crippen LogP contribution in [0.15, 0.2) is 91.0 Å². The summed E-state index contributed by atoms with van der Waals surface area (Å²) in [6.07, 6.45) is 0. The van der Waals surface area contributed by atoms with Gasteiger partial charge in [0.05, 0.1) is 20.1 Å². The molecule has 4 aromatic carbocycles. The van der Waals surface area contributed by atoms with Gasteiger partial charge in [0.15, 0.2) is 0 Å². The average Bonchev–Trinajstić information content (AvgIpc) is 2.74. The molecule has 0 fully saturated rings. The smallest absolute Gasteiger partial charge is 0.0598 e. The van der Waals surface area contributed by atoms with Gasteiger partial charge in [-0.1, -0.05) is 119 Å². The van der Waals surface area contributed by atoms with Gasteiger partial charge in [0.2, 0.25) is 0 Å². The molecular weight excluding hydrogens is 466 g/mol. The zero-order valence-corrected chi connectivity index (χ0v) is 18.8. The Morgan fingerprint density at radius 1 is 0.345 bits per heavy atom. The summed E-state index contributed by atoms with van der Waals surface area (Å²) in [6, 6.07) is 28.9. The van der Waals surface area contributed by atoms with Crippen LogP contribution in [-0.4, -0.2) is 0 Å². The molecule has 0 N–H and O–H groups in total. The van der Waals surface area contributed by atoms with Crippen molar-refractivity contribution in [2.75, 3.05) is 0 Å². The lowest BCUT2D eigenvalue weighted by Gasteiger charge is -2.05. The van der Waals surface area contributed by atoms with Crippen LogP contribution in [0.2, 0.25) is 25.1 Å². The molecule has 4 rings (SSSR count). The van der Waals surface area contributed by atoms with Crippen molar-refractivity contribution in [3.63, 3.8) is 0 Å². The van der Waals surface area contributed by atoms with Crippen molar-refractivity contribution in [2.24, 2.45) is 0 Å². The van der Waals surface area contributed by atoms with Crippen molar-refractivity contribution < 1.29 is 0 Å². The fourth-order valence-corrected chi connectivity index (χ4v) is 3.51. The molecule has 0 bridgehead atoms. The largest absolute Gasteiger partial charge is 0.0837 e. The van der Waals surface area contributed by atoms with Gasteiger partial charge in [-0.3, -0.25) is 0 Å². The summed E-state index contributed by atoms with van der Waals surface area (Å²) >= 11 is 29.6. The van der Waals surface area contributed by atoms with Crippen LogP contribution in [0, 0.1) is 0 Å². The maximum Gasteiger partial charge on any atom is 0.0598 e. The highest BCUT2D eigenvalue weighted by Crippen LogP contribution is 2.32. The zero-order chi connectivity index (χ0) is 20.8. The second-order valence-corrected chi connectivity index (χ2v) is 8.14. The molecular formula is C24H15Cl5. The Bertz CT molecular complexity index is 1060. The number of benzene rings is 4. The Balaban J connectivity index is 0.000000169. The van der Waals surface area contributed by atoms with E-state index in [2.05, 4.69) is 12.1 Å². The standard InChI is InChI=1S/C12H6Cl4.C12H9Cl/c13-9-3-1-7(5-11(9)15)8-2-4-10(14)12(16)6-8;13-12-9-5-4-8-11(12)10-6-2-1-3-7-10/h1-6H;1-9H. The molecule has 29 heavy (non-hydrogen) atoms. The molecule has 0 saturated heterocycles. The van der Waals surface area contributed by atoms with E-state index in [1.165, 1.54) is 0 Å². The topological polar surface area (TPSA) is 0 Å². The van der Waals surface area contributed by atoms with Crippen molar-refractivity contribution >= 4 is 58.0 Å². The first-order chi connectivity index (χ1) is 14.0. The predicted molar refractivity (Wildman–Crippen MR) is 129 cm³/mol. The van der Waals surface area contributed by atoms with Crippen LogP contribution < -0.4 is 0 Å². The Morgan fingerprint density at radius 2 is 0.828 bits per heavy atom. The third kappa shape index (κ3) is 5.92. The lowest BCUT2D eigenvalue weighted by molar-refractivity contribution is 1.61. The summed E-state index contributed by atoms with van der Waals surface area (Å²) in [7, 11) is 0. The fraction of sp³-hybridized carbons (Fsp3) is 0. The molecule has 5 heteroatoms. The number of halogens is 5. The van der Waals surface area contributed by atoms with Crippen molar-refractivity contribution in [1.82, 2.24) is 0 Å². The van der Waals surface area contributed by atoms with Crippen LogP contribution in [0.5, 0.6) is 0 Å². The Labute approximate surface area is 195 Å². The van der Waals surface area contributed by atoms with Crippen molar-refractivity contribution in [1.29, 1.82) is 0 Å². The minimum Gasteiger partial charge on any atom is -0.0837 e. The molecule has 0 atom stereocenters. The Morgan fingerprint density at radius 3 is 1.31 bits per heavy atom. The maximum atomic E-state index is 6.06. The minimum absolute atomic E-state index is 0.519. The zero-order valence-electron chi connectivity index (χ0n) is 15.1. The first-order valence-corrected chi connectivity index (χ1v) is 10.5. The number of hydrogen-bond acceptors (Lipinski definition) is 0. The summed E-state index contributed by atoms with van der Waals surface area (Å²) in [5.74, 6) is 0. The van der Waals surface area contributed by atoms with E-state index in [0.717, 1.165) is 27.3 Å². The first kappa shape index (κ1) is 22.0. The molecule has 0 nitrogen and oxygen atoms in total. The van der Waals surface area contributed by atoms with E-state index in [0.29, 0.717) is 20.1 Å². The van der Waals surface area contributed by atoms with E-state index in [1.807, 2.05) is 54.6 Å². The molecule has 0 unspecified atom stereocenters. The van der Waals surface area contributed by atoms with Crippen LogP contribution >= 0.6 is 58.0 Å². The van der Waals surface area contributed by atoms with Crippen LogP contribution in [0.3, 0.4) is 0 Å². The monoisotopic (exact) mass is 478 g/mol. The van der Waals surface area contributed by atoms with Gasteiger partial charge in [0.1, 0.15) is 0 Å². The molecule has 0 aliphatic rings. The molecule has 0 radical (unpaired) electrons. The van der Waals surface area contributed by atoms with E-state index >= 15 is 0 Å². The lowest BCUT2D eigenvalue weighted by Crippen LogP contribution is -1.79. The van der Waals surface area contributed by atoms with Gasteiger partial charge < -0.3 is 0 Å². The van der Waals surface area contributed by atoms with Crippen molar-refractivity contribution in [3.05, 3.63) is 116 Å². The van der Waals surface area contributed by atoms with Gasteiger partial charge in [-0.2, -0.15) is 0 Å². The van der Waals surface area contributed by atoms with Crippen LogP contribution in [0.25, 0.3) is 22.3 Å². The minimum atomic E-state index is 0.519. The van der Waals surface area contributed by atoms with Gasteiger partial charge in [0.25, 0.3) is 0 Å². The fourth-order valence-electron chi connectivity index (χ4n) is 2.66. The first-order valence-electron chi connectivity index (χ1n) is 8.66. The van der Waals surface area contributed by atoms with Gasteiger partial charge in [-0.15, -0.1) is 0 Å². The summed E-state index contributed by atoms with van der Waals surface area (Å²) in [5.41, 5.74) is 4.15. The SMILES string of the molecule is Clc1ccc(-c2ccc(Cl)c(Cl)c2)cc1Cl.Clc1ccccc1-c1ccccc1. The maximum absolute atomic E-state index is 6.06. The molecule has 0 aromatic heterocycles. The van der Waals surface area contributed by atoms with Gasteiger partial charge in [-0.05, 0) is 47.0 Å². The molecule has 0 spiro atoms. The lowest BCUT2D eigenvalue weighted by atomic mass is 10.1. The summed E-state index contributed by atoms with van der Waals surface area (Å²) in [5, 5.41) is 2.90. The van der Waals surface area contributed by atoms with E-state index in [9.17, 15) is 0 Å². The van der Waals surface area contributed by atoms with Gasteiger partial charge in [0, 0.05) is 10.6 Å². The highest BCUT2D eigenvalue weighted by molar-refractivity contribution is 6.43. The molecule has 4 aromatic rings. The predicted octanol–water partition coefficient (Wildman–Crippen LogP) is 9.97. The molecule has 0 aliphatic carbocycles. The summed E-state index contributed by atoms with van der Waals surface area (Å²) < 4.78 is 0. The molecule has 0 amide bonds. The second kappa shape index (κ2) is 10.4. The number of rotatable bonds is 2. The number of hydrogen-bond donors (Lipinski definition) is 0. The van der Waals surface area contributed by atoms with E-state index < -0.39 is 0 Å². The summed E-state index contributed by atoms with van der Waals surface area (Å²) in [6.45, 7) is 0. The highest BCUT2D eigenvalue weighted by Gasteiger charge is 2.04. The van der Waals surface area contributed by atoms with E-state index in [-0.39, 0.29) is 0 Å². The summed E-state index contributed by atoms with van der Waals surface area (Å²) in [4.78, 5) is 0. The van der Waals surface area contributed by atoms with E-state index in [1.54, 1.807) is 24.3 Å². The normalized spacial score (nSPS) is 10.2. The third-order valence-corrected chi connectivity index (χ3v) is 5.94. The van der Waals surface area contributed by atoms with Crippen molar-refractivity contribution in [3.8, 4) is 22.3 Å². The average molecular weight is 481 g/mol. The molecule has 0 saturated carbocycles. The van der Waals surface area contributed by atoms with Crippen LogP contribution in [0.1, 0.15) is 0 Å². The molecule has 0 heterocycles. The Kier molecular flexibility index (Phi) is 7.89. The van der Waals surface area contributed by atoms with Gasteiger partial charge in [-0.25, -0.2) is 0 Å². The Hall–Kier alpha value is -1.67. The molecule has 146 valence electrons. The van der Waals surface area contributed by atoms with E-state index in [4.69, 9.17) is 58.0 Å². The van der Waals surface area contributed by atoms with Crippen LogP contribution in [0.4, 0.5) is 0 Å². The third-order valence-electron chi connectivity index (χ3n) is 4.13.